The molecule has 1 saturated heterocycles. The number of aromatic nitrogens is 2. The monoisotopic (exact) mass is 354 g/mol. The van der Waals surface area contributed by atoms with E-state index in [9.17, 15) is 9.59 Å². The fourth-order valence-electron chi connectivity index (χ4n) is 3.24. The van der Waals surface area contributed by atoms with Crippen molar-refractivity contribution < 1.29 is 9.59 Å². The number of hydrogen-bond donors (Lipinski definition) is 1. The predicted octanol–water partition coefficient (Wildman–Crippen LogP) is 2.88. The molecule has 0 saturated carbocycles. The first kappa shape index (κ1) is 18.2. The van der Waals surface area contributed by atoms with Gasteiger partial charge in [0.2, 0.25) is 11.8 Å². The normalized spacial score (nSPS) is 18.2. The van der Waals surface area contributed by atoms with Crippen LogP contribution in [0.3, 0.4) is 0 Å². The Morgan fingerprint density at radius 3 is 2.81 bits per heavy atom. The topological polar surface area (TPSA) is 67.2 Å². The van der Waals surface area contributed by atoms with Gasteiger partial charge in [-0.3, -0.25) is 9.59 Å². The summed E-state index contributed by atoms with van der Waals surface area (Å²) in [6, 6.07) is 12.1. The molecule has 26 heavy (non-hydrogen) atoms. The molecule has 0 radical (unpaired) electrons. The summed E-state index contributed by atoms with van der Waals surface area (Å²) >= 11 is 0. The molecule has 3 rings (SSSR count). The zero-order valence-corrected chi connectivity index (χ0v) is 15.4. The maximum atomic E-state index is 12.6. The highest BCUT2D eigenvalue weighted by Crippen LogP contribution is 2.22. The van der Waals surface area contributed by atoms with Crippen molar-refractivity contribution in [2.75, 3.05) is 18.4 Å². The molecule has 6 heteroatoms. The SMILES string of the molecule is CCC(C)n1nccc1NC(=O)C1CC(=O)N(CCc2ccccc2)C1. The molecule has 2 heterocycles. The van der Waals surface area contributed by atoms with E-state index in [4.69, 9.17) is 0 Å². The van der Waals surface area contributed by atoms with E-state index < -0.39 is 0 Å². The van der Waals surface area contributed by atoms with Crippen LogP contribution in [-0.4, -0.2) is 39.6 Å². The smallest absolute Gasteiger partial charge is 0.230 e. The summed E-state index contributed by atoms with van der Waals surface area (Å²) in [7, 11) is 0. The lowest BCUT2D eigenvalue weighted by molar-refractivity contribution is -0.128. The van der Waals surface area contributed by atoms with Crippen molar-refractivity contribution in [1.82, 2.24) is 14.7 Å². The highest BCUT2D eigenvalue weighted by molar-refractivity contribution is 5.96. The molecule has 1 N–H and O–H groups in total. The maximum Gasteiger partial charge on any atom is 0.230 e. The van der Waals surface area contributed by atoms with Crippen LogP contribution >= 0.6 is 0 Å². The van der Waals surface area contributed by atoms with Gasteiger partial charge in [-0.1, -0.05) is 37.3 Å². The minimum absolute atomic E-state index is 0.0523. The van der Waals surface area contributed by atoms with Crippen molar-refractivity contribution in [3.05, 3.63) is 48.2 Å². The summed E-state index contributed by atoms with van der Waals surface area (Å²) in [5.41, 5.74) is 1.20. The Morgan fingerprint density at radius 2 is 2.08 bits per heavy atom. The van der Waals surface area contributed by atoms with Crippen molar-refractivity contribution in [3.63, 3.8) is 0 Å². The van der Waals surface area contributed by atoms with Gasteiger partial charge in [-0.15, -0.1) is 0 Å². The van der Waals surface area contributed by atoms with Crippen molar-refractivity contribution >= 4 is 17.6 Å². The van der Waals surface area contributed by atoms with Gasteiger partial charge in [0.05, 0.1) is 18.2 Å². The Morgan fingerprint density at radius 1 is 1.31 bits per heavy atom. The average molecular weight is 354 g/mol. The van der Waals surface area contributed by atoms with Crippen LogP contribution in [0.5, 0.6) is 0 Å². The van der Waals surface area contributed by atoms with E-state index in [1.54, 1.807) is 17.2 Å². The Hall–Kier alpha value is -2.63. The van der Waals surface area contributed by atoms with Crippen LogP contribution in [0.4, 0.5) is 5.82 Å². The molecular weight excluding hydrogens is 328 g/mol. The molecule has 1 aromatic heterocycles. The highest BCUT2D eigenvalue weighted by Gasteiger charge is 2.34. The van der Waals surface area contributed by atoms with E-state index in [-0.39, 0.29) is 30.2 Å². The molecule has 1 aromatic carbocycles. The maximum absolute atomic E-state index is 12.6. The third kappa shape index (κ3) is 4.12. The first-order valence-electron chi connectivity index (χ1n) is 9.24. The highest BCUT2D eigenvalue weighted by atomic mass is 16.2. The average Bonchev–Trinajstić information content (AvgIpc) is 3.26. The second-order valence-corrected chi connectivity index (χ2v) is 6.88. The van der Waals surface area contributed by atoms with Gasteiger partial charge >= 0.3 is 0 Å². The van der Waals surface area contributed by atoms with Crippen molar-refractivity contribution in [3.8, 4) is 0 Å². The number of rotatable bonds is 7. The van der Waals surface area contributed by atoms with Gasteiger partial charge in [0, 0.05) is 25.6 Å². The molecule has 0 spiro atoms. The van der Waals surface area contributed by atoms with Gasteiger partial charge in [0.15, 0.2) is 0 Å². The van der Waals surface area contributed by atoms with E-state index >= 15 is 0 Å². The van der Waals surface area contributed by atoms with E-state index in [1.165, 1.54) is 5.56 Å². The standard InChI is InChI=1S/C20H26N4O2/c1-3-15(2)24-18(9-11-21-24)22-20(26)17-13-19(25)23(14-17)12-10-16-7-5-4-6-8-16/h4-9,11,15,17H,3,10,12-14H2,1-2H3,(H,22,26). The molecule has 2 unspecified atom stereocenters. The minimum atomic E-state index is -0.307. The van der Waals surface area contributed by atoms with Gasteiger partial charge in [-0.2, -0.15) is 5.10 Å². The first-order chi connectivity index (χ1) is 12.6. The number of hydrogen-bond acceptors (Lipinski definition) is 3. The predicted molar refractivity (Wildman–Crippen MR) is 101 cm³/mol. The lowest BCUT2D eigenvalue weighted by Crippen LogP contribution is -2.30. The summed E-state index contributed by atoms with van der Waals surface area (Å²) in [5.74, 6) is 0.334. The second kappa shape index (κ2) is 8.17. The number of amides is 2. The number of anilines is 1. The number of nitrogens with zero attached hydrogens (tertiary/aromatic N) is 3. The Bertz CT molecular complexity index is 756. The fourth-order valence-corrected chi connectivity index (χ4v) is 3.24. The molecule has 0 aliphatic carbocycles. The van der Waals surface area contributed by atoms with Gasteiger partial charge in [-0.05, 0) is 25.3 Å². The van der Waals surface area contributed by atoms with E-state index in [0.717, 1.165) is 12.8 Å². The van der Waals surface area contributed by atoms with Crippen molar-refractivity contribution in [2.24, 2.45) is 5.92 Å². The molecular formula is C20H26N4O2. The van der Waals surface area contributed by atoms with Crippen LogP contribution in [0.15, 0.2) is 42.6 Å². The fraction of sp³-hybridized carbons (Fsp3) is 0.450. The van der Waals surface area contributed by atoms with Crippen LogP contribution < -0.4 is 5.32 Å². The molecule has 2 aromatic rings. The molecule has 2 amide bonds. The third-order valence-corrected chi connectivity index (χ3v) is 5.03. The number of benzene rings is 1. The van der Waals surface area contributed by atoms with Crippen LogP contribution in [0.1, 0.15) is 38.3 Å². The second-order valence-electron chi connectivity index (χ2n) is 6.88. The quantitative estimate of drug-likeness (QED) is 0.831. The molecule has 1 fully saturated rings. The molecule has 138 valence electrons. The number of likely N-dealkylation sites (tertiary alicyclic amines) is 1. The summed E-state index contributed by atoms with van der Waals surface area (Å²) in [6.45, 7) is 5.28. The number of carbonyl (C=O) groups excluding carboxylic acids is 2. The van der Waals surface area contributed by atoms with Gasteiger partial charge < -0.3 is 10.2 Å². The minimum Gasteiger partial charge on any atom is -0.342 e. The van der Waals surface area contributed by atoms with E-state index in [0.29, 0.717) is 18.9 Å². The molecule has 1 aliphatic heterocycles. The van der Waals surface area contributed by atoms with Crippen LogP contribution in [0.2, 0.25) is 0 Å². The van der Waals surface area contributed by atoms with Crippen LogP contribution in [0.25, 0.3) is 0 Å². The molecule has 1 aliphatic rings. The lowest BCUT2D eigenvalue weighted by atomic mass is 10.1. The van der Waals surface area contributed by atoms with Crippen molar-refractivity contribution in [1.29, 1.82) is 0 Å². The Balaban J connectivity index is 1.56. The molecule has 2 atom stereocenters. The van der Waals surface area contributed by atoms with Crippen LogP contribution in [-0.2, 0) is 16.0 Å². The van der Waals surface area contributed by atoms with Gasteiger partial charge in [-0.25, -0.2) is 4.68 Å². The van der Waals surface area contributed by atoms with Gasteiger partial charge in [0.1, 0.15) is 5.82 Å². The Labute approximate surface area is 154 Å². The summed E-state index contributed by atoms with van der Waals surface area (Å²) in [4.78, 5) is 26.7. The van der Waals surface area contributed by atoms with Crippen molar-refractivity contribution in [2.45, 2.75) is 39.2 Å². The number of carbonyl (C=O) groups is 2. The zero-order chi connectivity index (χ0) is 18.5. The lowest BCUT2D eigenvalue weighted by Gasteiger charge is -2.17. The molecule has 0 bridgehead atoms. The summed E-state index contributed by atoms with van der Waals surface area (Å²) < 4.78 is 1.82. The van der Waals surface area contributed by atoms with E-state index in [1.807, 2.05) is 22.9 Å². The summed E-state index contributed by atoms with van der Waals surface area (Å²) in [5, 5.41) is 7.23. The largest absolute Gasteiger partial charge is 0.342 e. The zero-order valence-electron chi connectivity index (χ0n) is 15.4. The van der Waals surface area contributed by atoms with Crippen LogP contribution in [0, 0.1) is 5.92 Å². The van der Waals surface area contributed by atoms with E-state index in [2.05, 4.69) is 36.4 Å². The first-order valence-corrected chi connectivity index (χ1v) is 9.24. The van der Waals surface area contributed by atoms with Gasteiger partial charge in [0.25, 0.3) is 0 Å². The Kier molecular flexibility index (Phi) is 5.71. The third-order valence-electron chi connectivity index (χ3n) is 5.03. The summed E-state index contributed by atoms with van der Waals surface area (Å²) in [6.07, 6.45) is 3.70. The molecule has 6 nitrogen and oxygen atoms in total. The number of nitrogens with one attached hydrogen (secondary N) is 1.